The van der Waals surface area contributed by atoms with Crippen LogP contribution < -0.4 is 0 Å². The van der Waals surface area contributed by atoms with Gasteiger partial charge in [0.15, 0.2) is 0 Å². The Hall–Kier alpha value is -2.79. The molecule has 1 heterocycles. The monoisotopic (exact) mass is 423 g/mol. The molecular formula is C22H18BrNO3. The van der Waals surface area contributed by atoms with E-state index >= 15 is 0 Å². The molecule has 0 radical (unpaired) electrons. The first-order valence-corrected chi connectivity index (χ1v) is 9.51. The minimum absolute atomic E-state index is 0.198. The fourth-order valence-corrected chi connectivity index (χ4v) is 3.93. The Morgan fingerprint density at radius 1 is 1.11 bits per heavy atom. The average molecular weight is 424 g/mol. The zero-order valence-electron chi connectivity index (χ0n) is 15.0. The quantitative estimate of drug-likeness (QED) is 0.414. The predicted molar refractivity (Wildman–Crippen MR) is 111 cm³/mol. The van der Waals surface area contributed by atoms with Crippen LogP contribution in [0.5, 0.6) is 5.75 Å². The molecule has 0 spiro atoms. The number of fused-ring (bicyclic) bond motifs is 3. The summed E-state index contributed by atoms with van der Waals surface area (Å²) in [6.45, 7) is 3.94. The van der Waals surface area contributed by atoms with Crippen molar-refractivity contribution in [1.82, 2.24) is 4.57 Å². The molecule has 4 rings (SSSR count). The highest BCUT2D eigenvalue weighted by Gasteiger charge is 2.23. The number of nitrogens with zero attached hydrogens (tertiary/aromatic N) is 1. The van der Waals surface area contributed by atoms with Crippen molar-refractivity contribution in [2.75, 3.05) is 6.61 Å². The van der Waals surface area contributed by atoms with Crippen molar-refractivity contribution in [1.29, 1.82) is 0 Å². The molecule has 1 N–H and O–H groups in total. The van der Waals surface area contributed by atoms with Gasteiger partial charge in [-0.05, 0) is 43.7 Å². The number of carbonyl (C=O) groups excluding carboxylic acids is 1. The Kier molecular flexibility index (Phi) is 4.40. The zero-order chi connectivity index (χ0) is 19.1. The number of phenolic OH excluding ortho intramolecular Hbond substituents is 1. The third-order valence-electron chi connectivity index (χ3n) is 4.76. The fraction of sp³-hybridized carbons (Fsp3) is 0.136. The normalized spacial score (nSPS) is 11.2. The van der Waals surface area contributed by atoms with E-state index in [9.17, 15) is 9.90 Å². The topological polar surface area (TPSA) is 51.5 Å². The van der Waals surface area contributed by atoms with Crippen LogP contribution in [0, 0.1) is 6.92 Å². The minimum Gasteiger partial charge on any atom is -0.508 e. The van der Waals surface area contributed by atoms with E-state index in [-0.39, 0.29) is 12.4 Å². The maximum atomic E-state index is 12.9. The Balaban J connectivity index is 2.24. The van der Waals surface area contributed by atoms with Crippen LogP contribution >= 0.6 is 15.9 Å². The predicted octanol–water partition coefficient (Wildman–Crippen LogP) is 6.24. The van der Waals surface area contributed by atoms with Crippen molar-refractivity contribution in [2.24, 2.45) is 0 Å². The molecule has 0 fully saturated rings. The van der Waals surface area contributed by atoms with Crippen molar-refractivity contribution in [3.8, 4) is 16.9 Å². The summed E-state index contributed by atoms with van der Waals surface area (Å²) in [5.74, 6) is 0.198. The van der Waals surface area contributed by atoms with E-state index in [0.29, 0.717) is 0 Å². The molecule has 27 heavy (non-hydrogen) atoms. The van der Waals surface area contributed by atoms with Crippen LogP contribution in [0.4, 0.5) is 4.79 Å². The second-order valence-corrected chi connectivity index (χ2v) is 7.27. The van der Waals surface area contributed by atoms with Crippen molar-refractivity contribution >= 4 is 43.8 Å². The van der Waals surface area contributed by atoms with Gasteiger partial charge < -0.3 is 9.84 Å². The Bertz CT molecular complexity index is 1180. The highest BCUT2D eigenvalue weighted by atomic mass is 79.9. The number of aromatic nitrogens is 1. The van der Waals surface area contributed by atoms with Gasteiger partial charge in [-0.2, -0.15) is 0 Å². The molecule has 3 aromatic carbocycles. The lowest BCUT2D eigenvalue weighted by atomic mass is 9.96. The van der Waals surface area contributed by atoms with Gasteiger partial charge in [-0.25, -0.2) is 9.36 Å². The Morgan fingerprint density at radius 3 is 2.56 bits per heavy atom. The summed E-state index contributed by atoms with van der Waals surface area (Å²) in [7, 11) is 0. The van der Waals surface area contributed by atoms with E-state index in [4.69, 9.17) is 4.74 Å². The minimum atomic E-state index is -0.429. The van der Waals surface area contributed by atoms with Crippen LogP contribution in [0.1, 0.15) is 12.5 Å². The molecule has 4 aromatic rings. The Morgan fingerprint density at radius 2 is 1.85 bits per heavy atom. The van der Waals surface area contributed by atoms with Gasteiger partial charge in [0.05, 0.1) is 17.6 Å². The smallest absolute Gasteiger partial charge is 0.418 e. The number of aromatic hydroxyl groups is 1. The number of hydrogen-bond donors (Lipinski definition) is 1. The molecule has 4 nitrogen and oxygen atoms in total. The van der Waals surface area contributed by atoms with Crippen LogP contribution in [0.15, 0.2) is 59.1 Å². The highest BCUT2D eigenvalue weighted by Crippen LogP contribution is 2.42. The lowest BCUT2D eigenvalue weighted by molar-refractivity contribution is 0.156. The molecule has 1 aromatic heterocycles. The number of halogens is 1. The maximum absolute atomic E-state index is 12.9. The summed E-state index contributed by atoms with van der Waals surface area (Å²) in [6.07, 6.45) is -0.429. The summed E-state index contributed by atoms with van der Waals surface area (Å²) < 4.78 is 7.85. The van der Waals surface area contributed by atoms with Crippen molar-refractivity contribution in [2.45, 2.75) is 13.8 Å². The second kappa shape index (κ2) is 6.74. The summed E-state index contributed by atoms with van der Waals surface area (Å²) in [4.78, 5) is 12.9. The standard InChI is InChI=1S/C22H18BrNO3/c1-3-27-22(26)24-18-10-9-15(23)11-16(18)17-12-19(25)13(2)20(21(17)24)14-7-5-4-6-8-14/h4-12,25H,3H2,1-2H3. The summed E-state index contributed by atoms with van der Waals surface area (Å²) in [5, 5.41) is 12.3. The number of phenols is 1. The molecule has 5 heteroatoms. The van der Waals surface area contributed by atoms with Crippen LogP contribution in [-0.2, 0) is 4.74 Å². The molecule has 0 amide bonds. The molecule has 0 saturated heterocycles. The first kappa shape index (κ1) is 17.6. The summed E-state index contributed by atoms with van der Waals surface area (Å²) in [6, 6.07) is 17.2. The molecule has 0 unspecified atom stereocenters. The third-order valence-corrected chi connectivity index (χ3v) is 5.25. The van der Waals surface area contributed by atoms with Crippen LogP contribution in [0.25, 0.3) is 32.9 Å². The van der Waals surface area contributed by atoms with Gasteiger partial charge in [-0.1, -0.05) is 46.3 Å². The highest BCUT2D eigenvalue weighted by molar-refractivity contribution is 9.10. The number of ether oxygens (including phenoxy) is 1. The van der Waals surface area contributed by atoms with Crippen molar-refractivity contribution in [3.63, 3.8) is 0 Å². The van der Waals surface area contributed by atoms with E-state index in [0.717, 1.165) is 43.0 Å². The summed E-state index contributed by atoms with van der Waals surface area (Å²) in [5.41, 5.74) is 3.97. The van der Waals surface area contributed by atoms with Gasteiger partial charge in [-0.15, -0.1) is 0 Å². The lowest BCUT2D eigenvalue weighted by Crippen LogP contribution is -2.13. The molecule has 136 valence electrons. The molecular weight excluding hydrogens is 406 g/mol. The number of carbonyl (C=O) groups is 1. The first-order valence-electron chi connectivity index (χ1n) is 8.71. The van der Waals surface area contributed by atoms with Gasteiger partial charge in [0, 0.05) is 26.4 Å². The van der Waals surface area contributed by atoms with Gasteiger partial charge in [0.2, 0.25) is 0 Å². The van der Waals surface area contributed by atoms with Crippen molar-refractivity contribution in [3.05, 3.63) is 64.6 Å². The SMILES string of the molecule is CCOC(=O)n1c2ccc(Br)cc2c2cc(O)c(C)c(-c3ccccc3)c21. The number of hydrogen-bond acceptors (Lipinski definition) is 3. The van der Waals surface area contributed by atoms with Crippen LogP contribution in [0.2, 0.25) is 0 Å². The van der Waals surface area contributed by atoms with Crippen molar-refractivity contribution < 1.29 is 14.6 Å². The molecule has 0 saturated carbocycles. The largest absolute Gasteiger partial charge is 0.508 e. The van der Waals surface area contributed by atoms with E-state index in [1.165, 1.54) is 0 Å². The van der Waals surface area contributed by atoms with Crippen LogP contribution in [-0.4, -0.2) is 22.4 Å². The fourth-order valence-electron chi connectivity index (χ4n) is 3.57. The number of rotatable bonds is 2. The molecule has 0 atom stereocenters. The zero-order valence-corrected chi connectivity index (χ0v) is 16.6. The lowest BCUT2D eigenvalue weighted by Gasteiger charge is -2.13. The van der Waals surface area contributed by atoms with Gasteiger partial charge in [0.1, 0.15) is 5.75 Å². The van der Waals surface area contributed by atoms with E-state index in [1.54, 1.807) is 17.6 Å². The number of benzene rings is 3. The van der Waals surface area contributed by atoms with E-state index in [1.807, 2.05) is 55.5 Å². The third kappa shape index (κ3) is 2.79. The average Bonchev–Trinajstić information content (AvgIpc) is 2.97. The molecule has 0 aliphatic heterocycles. The first-order chi connectivity index (χ1) is 13.0. The summed E-state index contributed by atoms with van der Waals surface area (Å²) >= 11 is 3.50. The van der Waals surface area contributed by atoms with Crippen LogP contribution in [0.3, 0.4) is 0 Å². The Labute approximate surface area is 165 Å². The van der Waals surface area contributed by atoms with Gasteiger partial charge in [0.25, 0.3) is 0 Å². The van der Waals surface area contributed by atoms with E-state index in [2.05, 4.69) is 15.9 Å². The van der Waals surface area contributed by atoms with E-state index < -0.39 is 6.09 Å². The maximum Gasteiger partial charge on any atom is 0.418 e. The second-order valence-electron chi connectivity index (χ2n) is 6.35. The molecule has 0 bridgehead atoms. The molecule has 0 aliphatic carbocycles. The van der Waals surface area contributed by atoms with Gasteiger partial charge >= 0.3 is 6.09 Å². The molecule has 0 aliphatic rings. The van der Waals surface area contributed by atoms with Gasteiger partial charge in [-0.3, -0.25) is 0 Å².